The zero-order chi connectivity index (χ0) is 18.6. The standard InChI is InChI=1S/C20H23N3O2S/c1-3-4-10-18-14-23(22-21-18)19-11-7-12-20(13-19)26(24,25)15-17-9-6-5-8-16(17)2/h5-9,11-14H,3-4,10,15H2,1-2H3. The first-order valence-electron chi connectivity index (χ1n) is 8.78. The number of sulfone groups is 1. The molecule has 3 aromatic rings. The van der Waals surface area contributed by atoms with Crippen molar-refractivity contribution >= 4 is 9.84 Å². The Bertz CT molecular complexity index is 994. The molecule has 0 N–H and O–H groups in total. The second-order valence-electron chi connectivity index (χ2n) is 6.44. The fraction of sp³-hybridized carbons (Fsp3) is 0.300. The lowest BCUT2D eigenvalue weighted by Gasteiger charge is -2.09. The second-order valence-corrected chi connectivity index (χ2v) is 8.43. The van der Waals surface area contributed by atoms with Crippen molar-refractivity contribution in [3.8, 4) is 5.69 Å². The lowest BCUT2D eigenvalue weighted by atomic mass is 10.1. The van der Waals surface area contributed by atoms with Crippen LogP contribution < -0.4 is 0 Å². The summed E-state index contributed by atoms with van der Waals surface area (Å²) in [6, 6.07) is 14.4. The van der Waals surface area contributed by atoms with E-state index in [0.29, 0.717) is 10.6 Å². The van der Waals surface area contributed by atoms with Crippen LogP contribution in [-0.2, 0) is 22.0 Å². The van der Waals surface area contributed by atoms with Gasteiger partial charge in [0, 0.05) is 0 Å². The Morgan fingerprint density at radius 3 is 2.65 bits per heavy atom. The lowest BCUT2D eigenvalue weighted by Crippen LogP contribution is -2.07. The summed E-state index contributed by atoms with van der Waals surface area (Å²) in [5.41, 5.74) is 3.41. The molecule has 1 aromatic heterocycles. The molecule has 0 aliphatic heterocycles. The van der Waals surface area contributed by atoms with Gasteiger partial charge in [-0.1, -0.05) is 48.9 Å². The average Bonchev–Trinajstić information content (AvgIpc) is 3.11. The van der Waals surface area contributed by atoms with Gasteiger partial charge in [0.2, 0.25) is 0 Å². The molecule has 0 unspecified atom stereocenters. The Morgan fingerprint density at radius 2 is 1.88 bits per heavy atom. The first kappa shape index (κ1) is 18.3. The van der Waals surface area contributed by atoms with Crippen LogP contribution in [-0.4, -0.2) is 23.4 Å². The maximum absolute atomic E-state index is 12.8. The topological polar surface area (TPSA) is 64.8 Å². The van der Waals surface area contributed by atoms with Gasteiger partial charge in [0.05, 0.1) is 28.2 Å². The monoisotopic (exact) mass is 369 g/mol. The highest BCUT2D eigenvalue weighted by Crippen LogP contribution is 2.21. The molecule has 0 aliphatic rings. The van der Waals surface area contributed by atoms with Crippen molar-refractivity contribution in [2.75, 3.05) is 0 Å². The number of aryl methyl sites for hydroxylation is 2. The van der Waals surface area contributed by atoms with Gasteiger partial charge in [-0.25, -0.2) is 13.1 Å². The molecule has 0 radical (unpaired) electrons. The molecule has 0 saturated heterocycles. The van der Waals surface area contributed by atoms with E-state index in [2.05, 4.69) is 17.2 Å². The third kappa shape index (κ3) is 4.19. The van der Waals surface area contributed by atoms with Crippen molar-refractivity contribution in [1.82, 2.24) is 15.0 Å². The summed E-state index contributed by atoms with van der Waals surface area (Å²) in [4.78, 5) is 0.295. The third-order valence-electron chi connectivity index (χ3n) is 4.38. The van der Waals surface area contributed by atoms with E-state index in [1.54, 1.807) is 22.9 Å². The SMILES string of the molecule is CCCCc1cn(-c2cccc(S(=O)(=O)Cc3ccccc3C)c2)nn1. The van der Waals surface area contributed by atoms with Crippen LogP contribution in [0.5, 0.6) is 0 Å². The van der Waals surface area contributed by atoms with Gasteiger partial charge in [0.25, 0.3) is 0 Å². The molecule has 3 rings (SSSR count). The van der Waals surface area contributed by atoms with Gasteiger partial charge >= 0.3 is 0 Å². The molecule has 6 heteroatoms. The van der Waals surface area contributed by atoms with E-state index < -0.39 is 9.84 Å². The predicted octanol–water partition coefficient (Wildman–Crippen LogP) is 3.89. The molecule has 0 aliphatic carbocycles. The second kappa shape index (κ2) is 7.83. The number of hydrogen-bond acceptors (Lipinski definition) is 4. The molecular formula is C20H23N3O2S. The zero-order valence-electron chi connectivity index (χ0n) is 15.1. The molecule has 0 amide bonds. The molecule has 0 bridgehead atoms. The number of nitrogens with zero attached hydrogens (tertiary/aromatic N) is 3. The van der Waals surface area contributed by atoms with Crippen LogP contribution in [0.25, 0.3) is 5.69 Å². The van der Waals surface area contributed by atoms with Crippen LogP contribution in [0.4, 0.5) is 0 Å². The van der Waals surface area contributed by atoms with Crippen LogP contribution in [0, 0.1) is 6.92 Å². The van der Waals surface area contributed by atoms with Crippen LogP contribution >= 0.6 is 0 Å². The molecule has 1 heterocycles. The van der Waals surface area contributed by atoms with Crippen LogP contribution in [0.3, 0.4) is 0 Å². The molecule has 0 spiro atoms. The van der Waals surface area contributed by atoms with Gasteiger partial charge in [-0.2, -0.15) is 0 Å². The first-order valence-corrected chi connectivity index (χ1v) is 10.4. The maximum Gasteiger partial charge on any atom is 0.182 e. The van der Waals surface area contributed by atoms with Crippen molar-refractivity contribution in [2.45, 2.75) is 43.8 Å². The summed E-state index contributed by atoms with van der Waals surface area (Å²) in [6.07, 6.45) is 4.90. The number of unbranched alkanes of at least 4 members (excludes halogenated alkanes) is 1. The fourth-order valence-corrected chi connectivity index (χ4v) is 4.26. The Balaban J connectivity index is 1.86. The van der Waals surface area contributed by atoms with E-state index in [0.717, 1.165) is 36.1 Å². The Kier molecular flexibility index (Phi) is 5.52. The normalized spacial score (nSPS) is 11.6. The highest BCUT2D eigenvalue weighted by atomic mass is 32.2. The molecule has 2 aromatic carbocycles. The quantitative estimate of drug-likeness (QED) is 0.634. The summed E-state index contributed by atoms with van der Waals surface area (Å²) < 4.78 is 27.3. The summed E-state index contributed by atoms with van der Waals surface area (Å²) in [6.45, 7) is 4.06. The van der Waals surface area contributed by atoms with E-state index in [9.17, 15) is 8.42 Å². The Morgan fingerprint density at radius 1 is 1.08 bits per heavy atom. The van der Waals surface area contributed by atoms with Crippen molar-refractivity contribution < 1.29 is 8.42 Å². The summed E-state index contributed by atoms with van der Waals surface area (Å²) in [7, 11) is -3.44. The first-order chi connectivity index (χ1) is 12.5. The molecule has 0 saturated carbocycles. The summed E-state index contributed by atoms with van der Waals surface area (Å²) in [5.74, 6) is -0.0117. The highest BCUT2D eigenvalue weighted by Gasteiger charge is 2.17. The number of hydrogen-bond donors (Lipinski definition) is 0. The van der Waals surface area contributed by atoms with Crippen LogP contribution in [0.15, 0.2) is 59.6 Å². The van der Waals surface area contributed by atoms with E-state index in [1.165, 1.54) is 0 Å². The van der Waals surface area contributed by atoms with Crippen LogP contribution in [0.2, 0.25) is 0 Å². The van der Waals surface area contributed by atoms with Crippen molar-refractivity contribution in [3.05, 3.63) is 71.5 Å². The maximum atomic E-state index is 12.8. The third-order valence-corrected chi connectivity index (χ3v) is 6.04. The summed E-state index contributed by atoms with van der Waals surface area (Å²) in [5, 5.41) is 8.30. The van der Waals surface area contributed by atoms with E-state index >= 15 is 0 Å². The van der Waals surface area contributed by atoms with Gasteiger partial charge in [0.1, 0.15) is 0 Å². The minimum atomic E-state index is -3.44. The zero-order valence-corrected chi connectivity index (χ0v) is 15.9. The van der Waals surface area contributed by atoms with E-state index in [4.69, 9.17) is 0 Å². The Hall–Kier alpha value is -2.47. The fourth-order valence-electron chi connectivity index (χ4n) is 2.78. The average molecular weight is 369 g/mol. The molecule has 26 heavy (non-hydrogen) atoms. The number of benzene rings is 2. The minimum absolute atomic E-state index is 0.0117. The molecule has 136 valence electrons. The molecule has 0 atom stereocenters. The van der Waals surface area contributed by atoms with Gasteiger partial charge in [-0.3, -0.25) is 0 Å². The number of aromatic nitrogens is 3. The smallest absolute Gasteiger partial charge is 0.182 e. The largest absolute Gasteiger partial charge is 0.223 e. The lowest BCUT2D eigenvalue weighted by molar-refractivity contribution is 0.595. The highest BCUT2D eigenvalue weighted by molar-refractivity contribution is 7.90. The summed E-state index contributed by atoms with van der Waals surface area (Å²) >= 11 is 0. The van der Waals surface area contributed by atoms with E-state index in [-0.39, 0.29) is 5.75 Å². The van der Waals surface area contributed by atoms with Gasteiger partial charge in [-0.05, 0) is 49.1 Å². The van der Waals surface area contributed by atoms with Crippen LogP contribution in [0.1, 0.15) is 36.6 Å². The van der Waals surface area contributed by atoms with Gasteiger partial charge in [0.15, 0.2) is 9.84 Å². The van der Waals surface area contributed by atoms with E-state index in [1.807, 2.05) is 43.5 Å². The molecule has 0 fully saturated rings. The van der Waals surface area contributed by atoms with Gasteiger partial charge < -0.3 is 0 Å². The van der Waals surface area contributed by atoms with Crippen molar-refractivity contribution in [1.29, 1.82) is 0 Å². The molecule has 5 nitrogen and oxygen atoms in total. The molecular weight excluding hydrogens is 346 g/mol. The predicted molar refractivity (Wildman–Crippen MR) is 102 cm³/mol. The van der Waals surface area contributed by atoms with Crippen molar-refractivity contribution in [3.63, 3.8) is 0 Å². The Labute approximate surface area is 154 Å². The minimum Gasteiger partial charge on any atom is -0.223 e. The van der Waals surface area contributed by atoms with Gasteiger partial charge in [-0.15, -0.1) is 5.10 Å². The van der Waals surface area contributed by atoms with Crippen molar-refractivity contribution in [2.24, 2.45) is 0 Å². The number of rotatable bonds is 7.